The minimum absolute atomic E-state index is 0.385. The molecule has 10 heteroatoms. The van der Waals surface area contributed by atoms with Crippen molar-refractivity contribution in [1.29, 1.82) is 0 Å². The summed E-state index contributed by atoms with van der Waals surface area (Å²) in [7, 11) is -3.64. The van der Waals surface area contributed by atoms with Crippen molar-refractivity contribution >= 4 is 50.4 Å². The first kappa shape index (κ1) is 23.9. The van der Waals surface area contributed by atoms with E-state index in [9.17, 15) is 13.2 Å². The summed E-state index contributed by atoms with van der Waals surface area (Å²) in [6, 6.07) is 12.1. The molecule has 0 saturated carbocycles. The van der Waals surface area contributed by atoms with E-state index < -0.39 is 15.9 Å². The molecule has 0 fully saturated rings. The van der Waals surface area contributed by atoms with Crippen LogP contribution in [0, 0.1) is 3.57 Å². The van der Waals surface area contributed by atoms with Crippen molar-refractivity contribution in [1.82, 2.24) is 5.43 Å². The monoisotopic (exact) mass is 545 g/mol. The summed E-state index contributed by atoms with van der Waals surface area (Å²) >= 11 is 2.12. The Morgan fingerprint density at radius 2 is 1.73 bits per heavy atom. The second-order valence-corrected chi connectivity index (χ2v) is 9.26. The van der Waals surface area contributed by atoms with Crippen molar-refractivity contribution in [2.75, 3.05) is 30.3 Å². The Bertz CT molecular complexity index is 994. The molecule has 0 saturated heterocycles. The van der Waals surface area contributed by atoms with Crippen LogP contribution >= 0.6 is 22.6 Å². The van der Waals surface area contributed by atoms with Crippen LogP contribution in [0.5, 0.6) is 11.5 Å². The maximum absolute atomic E-state index is 12.3. The van der Waals surface area contributed by atoms with E-state index >= 15 is 0 Å². The third-order valence-electron chi connectivity index (χ3n) is 3.77. The number of hydrogen-bond donors (Lipinski definition) is 1. The molecule has 1 N–H and O–H groups in total. The number of hydrazone groups is 1. The minimum Gasteiger partial charge on any atom is -0.490 e. The Hall–Kier alpha value is -2.34. The number of carbonyl (C=O) groups excluding carboxylic acids is 1. The van der Waals surface area contributed by atoms with Gasteiger partial charge in [-0.25, -0.2) is 13.8 Å². The molecular formula is C20H24IN3O5S. The lowest BCUT2D eigenvalue weighted by atomic mass is 10.2. The molecule has 0 aliphatic carbocycles. The van der Waals surface area contributed by atoms with Gasteiger partial charge >= 0.3 is 0 Å². The molecular weight excluding hydrogens is 521 g/mol. The molecule has 2 aromatic rings. The summed E-state index contributed by atoms with van der Waals surface area (Å²) in [6.45, 7) is 4.37. The second kappa shape index (κ2) is 11.2. The van der Waals surface area contributed by atoms with Gasteiger partial charge in [0.05, 0.1) is 31.4 Å². The average molecular weight is 545 g/mol. The third-order valence-corrected chi connectivity index (χ3v) is 5.63. The van der Waals surface area contributed by atoms with Gasteiger partial charge in [0, 0.05) is 3.57 Å². The number of nitrogens with zero attached hydrogens (tertiary/aromatic N) is 2. The normalized spacial score (nSPS) is 11.3. The molecule has 0 aliphatic heterocycles. The molecule has 1 amide bonds. The van der Waals surface area contributed by atoms with Crippen LogP contribution < -0.4 is 19.2 Å². The molecule has 0 unspecified atom stereocenters. The highest BCUT2D eigenvalue weighted by Gasteiger charge is 2.20. The Kier molecular flexibility index (Phi) is 8.90. The van der Waals surface area contributed by atoms with Gasteiger partial charge in [0.2, 0.25) is 10.0 Å². The van der Waals surface area contributed by atoms with E-state index in [0.29, 0.717) is 36.0 Å². The van der Waals surface area contributed by atoms with Crippen molar-refractivity contribution in [2.45, 2.75) is 13.8 Å². The van der Waals surface area contributed by atoms with Crippen molar-refractivity contribution < 1.29 is 22.7 Å². The lowest BCUT2D eigenvalue weighted by Crippen LogP contribution is -2.39. The number of sulfonamides is 1. The topological polar surface area (TPSA) is 97.3 Å². The zero-order valence-corrected chi connectivity index (χ0v) is 19.9. The lowest BCUT2D eigenvalue weighted by Gasteiger charge is -2.21. The van der Waals surface area contributed by atoms with Gasteiger partial charge in [-0.3, -0.25) is 9.10 Å². The minimum atomic E-state index is -3.64. The van der Waals surface area contributed by atoms with Crippen LogP contribution in [0.1, 0.15) is 19.4 Å². The predicted molar refractivity (Wildman–Crippen MR) is 126 cm³/mol. The first-order chi connectivity index (χ1) is 14.2. The number of carbonyl (C=O) groups is 1. The number of amides is 1. The quantitative estimate of drug-likeness (QED) is 0.281. The maximum Gasteiger partial charge on any atom is 0.260 e. The van der Waals surface area contributed by atoms with Crippen molar-refractivity contribution in [3.63, 3.8) is 0 Å². The van der Waals surface area contributed by atoms with Crippen LogP contribution in [0.2, 0.25) is 0 Å². The number of nitrogens with one attached hydrogen (secondary N) is 1. The molecule has 0 radical (unpaired) electrons. The van der Waals surface area contributed by atoms with Crippen LogP contribution in [0.4, 0.5) is 5.69 Å². The number of anilines is 1. The molecule has 2 rings (SSSR count). The van der Waals surface area contributed by atoms with Gasteiger partial charge in [-0.15, -0.1) is 0 Å². The van der Waals surface area contributed by atoms with Gasteiger partial charge in [0.25, 0.3) is 5.91 Å². The summed E-state index contributed by atoms with van der Waals surface area (Å²) in [4.78, 5) is 12.3. The molecule has 0 bridgehead atoms. The number of hydrogen-bond acceptors (Lipinski definition) is 6. The van der Waals surface area contributed by atoms with E-state index in [1.54, 1.807) is 42.5 Å². The van der Waals surface area contributed by atoms with E-state index in [-0.39, 0.29) is 6.54 Å². The van der Waals surface area contributed by atoms with E-state index in [4.69, 9.17) is 9.47 Å². The summed E-state index contributed by atoms with van der Waals surface area (Å²) in [5.74, 6) is 0.643. The Balaban J connectivity index is 2.07. The zero-order valence-electron chi connectivity index (χ0n) is 17.0. The second-order valence-electron chi connectivity index (χ2n) is 6.11. The fourth-order valence-corrected chi connectivity index (χ4v) is 3.72. The Morgan fingerprint density at radius 1 is 1.10 bits per heavy atom. The van der Waals surface area contributed by atoms with E-state index in [1.165, 1.54) is 6.21 Å². The highest BCUT2D eigenvalue weighted by molar-refractivity contribution is 14.1. The molecule has 0 heterocycles. The molecule has 30 heavy (non-hydrogen) atoms. The Morgan fingerprint density at radius 3 is 2.33 bits per heavy atom. The van der Waals surface area contributed by atoms with Gasteiger partial charge in [0.15, 0.2) is 11.5 Å². The number of rotatable bonds is 10. The van der Waals surface area contributed by atoms with Gasteiger partial charge in [0.1, 0.15) is 6.54 Å². The zero-order chi connectivity index (χ0) is 22.1. The van der Waals surface area contributed by atoms with Gasteiger partial charge in [-0.2, -0.15) is 5.10 Å². The lowest BCUT2D eigenvalue weighted by molar-refractivity contribution is -0.119. The Labute approximate surface area is 190 Å². The highest BCUT2D eigenvalue weighted by Crippen LogP contribution is 2.28. The number of halogens is 1. The van der Waals surface area contributed by atoms with E-state index in [2.05, 4.69) is 33.1 Å². The summed E-state index contributed by atoms with van der Waals surface area (Å²) in [5, 5.41) is 3.92. The maximum atomic E-state index is 12.3. The summed E-state index contributed by atoms with van der Waals surface area (Å²) < 4.78 is 37.3. The standard InChI is InChI=1S/C20H24IN3O5S/c1-4-28-18-11-6-15(12-19(18)29-5-2)13-22-23-20(25)14-24(30(3,26)27)17-9-7-16(21)8-10-17/h6-13H,4-5,14H2,1-3H3,(H,23,25)/b22-13-. The highest BCUT2D eigenvalue weighted by atomic mass is 127. The summed E-state index contributed by atoms with van der Waals surface area (Å²) in [5.41, 5.74) is 3.46. The predicted octanol–water partition coefficient (Wildman–Crippen LogP) is 3.00. The van der Waals surface area contributed by atoms with Crippen LogP contribution in [0.3, 0.4) is 0 Å². The molecule has 0 aromatic heterocycles. The molecule has 2 aromatic carbocycles. The van der Waals surface area contributed by atoms with Crippen LogP contribution in [0.15, 0.2) is 47.6 Å². The van der Waals surface area contributed by atoms with Crippen LogP contribution in [-0.2, 0) is 14.8 Å². The van der Waals surface area contributed by atoms with Crippen LogP contribution in [-0.4, -0.2) is 46.6 Å². The fourth-order valence-electron chi connectivity index (χ4n) is 2.50. The van der Waals surface area contributed by atoms with Gasteiger partial charge in [-0.05, 0) is 84.5 Å². The third kappa shape index (κ3) is 7.17. The van der Waals surface area contributed by atoms with Gasteiger partial charge in [-0.1, -0.05) is 0 Å². The van der Waals surface area contributed by atoms with Gasteiger partial charge < -0.3 is 9.47 Å². The SMILES string of the molecule is CCOc1ccc(/C=N\NC(=O)CN(c2ccc(I)cc2)S(C)(=O)=O)cc1OCC. The van der Waals surface area contributed by atoms with Crippen molar-refractivity contribution in [3.05, 3.63) is 51.6 Å². The number of benzene rings is 2. The number of ether oxygens (including phenoxy) is 2. The van der Waals surface area contributed by atoms with Crippen molar-refractivity contribution in [2.24, 2.45) is 5.10 Å². The average Bonchev–Trinajstić information content (AvgIpc) is 2.68. The molecule has 8 nitrogen and oxygen atoms in total. The molecule has 0 spiro atoms. The smallest absolute Gasteiger partial charge is 0.260 e. The summed E-state index contributed by atoms with van der Waals surface area (Å²) in [6.07, 6.45) is 2.50. The fraction of sp³-hybridized carbons (Fsp3) is 0.300. The van der Waals surface area contributed by atoms with E-state index in [1.807, 2.05) is 13.8 Å². The van der Waals surface area contributed by atoms with E-state index in [0.717, 1.165) is 14.1 Å². The largest absolute Gasteiger partial charge is 0.490 e. The van der Waals surface area contributed by atoms with Crippen molar-refractivity contribution in [3.8, 4) is 11.5 Å². The first-order valence-corrected chi connectivity index (χ1v) is 12.1. The van der Waals surface area contributed by atoms with Crippen LogP contribution in [0.25, 0.3) is 0 Å². The molecule has 162 valence electrons. The molecule has 0 atom stereocenters. The molecule has 0 aliphatic rings. The first-order valence-electron chi connectivity index (χ1n) is 9.19.